The summed E-state index contributed by atoms with van der Waals surface area (Å²) >= 11 is 0. The maximum absolute atomic E-state index is 11.6. The van der Waals surface area contributed by atoms with E-state index in [0.717, 1.165) is 5.56 Å². The largest absolute Gasteiger partial charge is 0.399 e. The van der Waals surface area contributed by atoms with Crippen molar-refractivity contribution in [3.8, 4) is 0 Å². The van der Waals surface area contributed by atoms with Gasteiger partial charge in [-0.1, -0.05) is 12.1 Å². The smallest absolute Gasteiger partial charge is 0.234 e. The Bertz CT molecular complexity index is 512. The quantitative estimate of drug-likeness (QED) is 0.730. The third-order valence-electron chi connectivity index (χ3n) is 2.50. The van der Waals surface area contributed by atoms with Crippen molar-refractivity contribution in [1.82, 2.24) is 5.32 Å². The summed E-state index contributed by atoms with van der Waals surface area (Å²) < 4.78 is 23.1. The van der Waals surface area contributed by atoms with Gasteiger partial charge < -0.3 is 11.1 Å². The van der Waals surface area contributed by atoms with Crippen LogP contribution in [-0.4, -0.2) is 32.9 Å². The van der Waals surface area contributed by atoms with Gasteiger partial charge in [-0.3, -0.25) is 4.79 Å². The molecule has 0 aliphatic rings. The van der Waals surface area contributed by atoms with E-state index >= 15 is 0 Å². The average molecular weight is 270 g/mol. The lowest BCUT2D eigenvalue weighted by molar-refractivity contribution is -0.118. The van der Waals surface area contributed by atoms with E-state index < -0.39 is 21.5 Å². The van der Waals surface area contributed by atoms with E-state index in [1.807, 2.05) is 18.2 Å². The number of carbonyl (C=O) groups excluding carboxylic acids is 1. The topological polar surface area (TPSA) is 89.3 Å². The van der Waals surface area contributed by atoms with E-state index in [2.05, 4.69) is 5.32 Å². The highest BCUT2D eigenvalue weighted by molar-refractivity contribution is 7.92. The molecule has 0 unspecified atom stereocenters. The second-order valence-corrected chi connectivity index (χ2v) is 6.30. The van der Waals surface area contributed by atoms with Crippen LogP contribution in [-0.2, 0) is 21.1 Å². The first kappa shape index (κ1) is 14.5. The molecule has 0 heterocycles. The third-order valence-corrected chi connectivity index (χ3v) is 4.11. The number of carbonyl (C=O) groups is 1. The zero-order chi connectivity index (χ0) is 13.6. The summed E-state index contributed by atoms with van der Waals surface area (Å²) in [6.45, 7) is 0. The van der Waals surface area contributed by atoms with Crippen molar-refractivity contribution in [2.24, 2.45) is 0 Å². The van der Waals surface area contributed by atoms with E-state index in [1.165, 1.54) is 7.05 Å². The normalized spacial score (nSPS) is 11.2. The zero-order valence-corrected chi connectivity index (χ0v) is 11.2. The number of hydrogen-bond acceptors (Lipinski definition) is 4. The fourth-order valence-corrected chi connectivity index (χ4v) is 2.86. The second-order valence-electron chi connectivity index (χ2n) is 4.11. The summed E-state index contributed by atoms with van der Waals surface area (Å²) in [5.74, 6) is -0.908. The van der Waals surface area contributed by atoms with Gasteiger partial charge >= 0.3 is 0 Å². The molecule has 1 amide bonds. The Morgan fingerprint density at radius 2 is 2.11 bits per heavy atom. The lowest BCUT2D eigenvalue weighted by atomic mass is 10.1. The van der Waals surface area contributed by atoms with Crippen molar-refractivity contribution >= 4 is 21.4 Å². The number of anilines is 1. The van der Waals surface area contributed by atoms with E-state index in [1.54, 1.807) is 6.07 Å². The fourth-order valence-electron chi connectivity index (χ4n) is 1.59. The van der Waals surface area contributed by atoms with Gasteiger partial charge in [0.05, 0.1) is 5.75 Å². The maximum Gasteiger partial charge on any atom is 0.234 e. The highest BCUT2D eigenvalue weighted by Gasteiger charge is 2.15. The average Bonchev–Trinajstić information content (AvgIpc) is 2.28. The molecule has 0 radical (unpaired) electrons. The molecule has 0 bridgehead atoms. The van der Waals surface area contributed by atoms with Gasteiger partial charge in [0, 0.05) is 12.7 Å². The molecule has 0 aliphatic carbocycles. The summed E-state index contributed by atoms with van der Waals surface area (Å²) in [7, 11) is -1.90. The molecule has 0 aliphatic heterocycles. The van der Waals surface area contributed by atoms with Crippen LogP contribution in [0.25, 0.3) is 0 Å². The van der Waals surface area contributed by atoms with Gasteiger partial charge in [0.2, 0.25) is 5.91 Å². The van der Waals surface area contributed by atoms with Gasteiger partial charge in [-0.05, 0) is 30.5 Å². The third kappa shape index (κ3) is 5.18. The van der Waals surface area contributed by atoms with Gasteiger partial charge in [-0.15, -0.1) is 0 Å². The fraction of sp³-hybridized carbons (Fsp3) is 0.417. The first-order valence-electron chi connectivity index (χ1n) is 5.68. The Kier molecular flexibility index (Phi) is 5.15. The summed E-state index contributed by atoms with van der Waals surface area (Å²) in [5, 5.41) is 2.30. The molecule has 0 atom stereocenters. The minimum Gasteiger partial charge on any atom is -0.399 e. The predicted molar refractivity (Wildman–Crippen MR) is 71.9 cm³/mol. The van der Waals surface area contributed by atoms with Crippen molar-refractivity contribution < 1.29 is 13.2 Å². The standard InChI is InChI=1S/C12H18N2O3S/c1-14-12(15)9-18(16,17)7-3-5-10-4-2-6-11(13)8-10/h2,4,6,8H,3,5,7,9,13H2,1H3,(H,14,15). The lowest BCUT2D eigenvalue weighted by Gasteiger charge is -2.04. The molecular weight excluding hydrogens is 252 g/mol. The summed E-state index contributed by atoms with van der Waals surface area (Å²) in [4.78, 5) is 11.0. The number of nitrogens with two attached hydrogens (primary N) is 1. The molecule has 0 aromatic heterocycles. The van der Waals surface area contributed by atoms with E-state index in [9.17, 15) is 13.2 Å². The maximum atomic E-state index is 11.6. The SMILES string of the molecule is CNC(=O)CS(=O)(=O)CCCc1cccc(N)c1. The molecule has 1 rings (SSSR count). The van der Waals surface area contributed by atoms with Crippen LogP contribution in [0.3, 0.4) is 0 Å². The number of nitrogens with one attached hydrogen (secondary N) is 1. The van der Waals surface area contributed by atoms with E-state index in [0.29, 0.717) is 18.5 Å². The Morgan fingerprint density at radius 1 is 1.39 bits per heavy atom. The van der Waals surface area contributed by atoms with E-state index in [4.69, 9.17) is 5.73 Å². The van der Waals surface area contributed by atoms with Gasteiger partial charge in [-0.25, -0.2) is 8.42 Å². The predicted octanol–water partition coefficient (Wildman–Crippen LogP) is 0.362. The van der Waals surface area contributed by atoms with Crippen LogP contribution in [0.15, 0.2) is 24.3 Å². The van der Waals surface area contributed by atoms with Crippen LogP contribution in [0.2, 0.25) is 0 Å². The van der Waals surface area contributed by atoms with Crippen LogP contribution in [0.4, 0.5) is 5.69 Å². The zero-order valence-electron chi connectivity index (χ0n) is 10.3. The molecular formula is C12H18N2O3S. The number of hydrogen-bond donors (Lipinski definition) is 2. The van der Waals surface area contributed by atoms with Crippen molar-refractivity contribution in [2.45, 2.75) is 12.8 Å². The van der Waals surface area contributed by atoms with Crippen LogP contribution < -0.4 is 11.1 Å². The molecule has 1 aromatic carbocycles. The Balaban J connectivity index is 2.44. The number of rotatable bonds is 6. The summed E-state index contributed by atoms with van der Waals surface area (Å²) in [5.41, 5.74) is 7.30. The first-order chi connectivity index (χ1) is 8.43. The van der Waals surface area contributed by atoms with Gasteiger partial charge in [-0.2, -0.15) is 0 Å². The number of benzene rings is 1. The molecule has 100 valence electrons. The minimum atomic E-state index is -3.32. The van der Waals surface area contributed by atoms with Crippen molar-refractivity contribution in [1.29, 1.82) is 0 Å². The minimum absolute atomic E-state index is 0.00915. The van der Waals surface area contributed by atoms with Crippen LogP contribution in [0.1, 0.15) is 12.0 Å². The van der Waals surface area contributed by atoms with Crippen molar-refractivity contribution in [3.05, 3.63) is 29.8 Å². The van der Waals surface area contributed by atoms with Crippen LogP contribution >= 0.6 is 0 Å². The second kappa shape index (κ2) is 6.39. The molecule has 0 saturated carbocycles. The molecule has 3 N–H and O–H groups in total. The van der Waals surface area contributed by atoms with E-state index in [-0.39, 0.29) is 5.75 Å². The van der Waals surface area contributed by atoms with Crippen LogP contribution in [0, 0.1) is 0 Å². The first-order valence-corrected chi connectivity index (χ1v) is 7.50. The summed E-state index contributed by atoms with van der Waals surface area (Å²) in [6.07, 6.45) is 1.13. The van der Waals surface area contributed by atoms with Gasteiger partial charge in [0.25, 0.3) is 0 Å². The Morgan fingerprint density at radius 3 is 2.72 bits per heavy atom. The van der Waals surface area contributed by atoms with Gasteiger partial charge in [0.1, 0.15) is 5.75 Å². The van der Waals surface area contributed by atoms with Crippen molar-refractivity contribution in [2.75, 3.05) is 24.3 Å². The molecule has 1 aromatic rings. The van der Waals surface area contributed by atoms with Crippen molar-refractivity contribution in [3.63, 3.8) is 0 Å². The highest BCUT2D eigenvalue weighted by atomic mass is 32.2. The summed E-state index contributed by atoms with van der Waals surface area (Å²) in [6, 6.07) is 7.35. The lowest BCUT2D eigenvalue weighted by Crippen LogP contribution is -2.28. The Hall–Kier alpha value is -1.56. The number of nitrogen functional groups attached to an aromatic ring is 1. The molecule has 5 nitrogen and oxygen atoms in total. The highest BCUT2D eigenvalue weighted by Crippen LogP contribution is 2.09. The molecule has 0 saturated heterocycles. The number of amides is 1. The monoisotopic (exact) mass is 270 g/mol. The number of sulfone groups is 1. The Labute approximate surface area is 107 Å². The molecule has 18 heavy (non-hydrogen) atoms. The molecule has 6 heteroatoms. The molecule has 0 fully saturated rings. The van der Waals surface area contributed by atoms with Crippen LogP contribution in [0.5, 0.6) is 0 Å². The molecule has 0 spiro atoms. The number of aryl methyl sites for hydroxylation is 1. The van der Waals surface area contributed by atoms with Gasteiger partial charge in [0.15, 0.2) is 9.84 Å².